The third-order valence-electron chi connectivity index (χ3n) is 0. The number of hydrogen-bond acceptors (Lipinski definition) is 0. The van der Waals surface area contributed by atoms with Crippen molar-refractivity contribution >= 4 is 25.8 Å². The molecule has 0 unspecified atom stereocenters. The summed E-state index contributed by atoms with van der Waals surface area (Å²) in [6.45, 7) is 0. The first-order valence-corrected chi connectivity index (χ1v) is 0. The maximum Gasteiger partial charge on any atom is 0.187 e. The van der Waals surface area contributed by atoms with Crippen LogP contribution in [0.1, 0.15) is 0 Å². The third kappa shape index (κ3) is 42.5. The number of hydrogen-bond donors (Lipinski definition) is 0. The maximum absolute atomic E-state index is 0. The summed E-state index contributed by atoms with van der Waals surface area (Å²) in [7, 11) is 0. The van der Waals surface area contributed by atoms with Crippen molar-refractivity contribution in [3.05, 3.63) is 0 Å². The van der Waals surface area contributed by atoms with Crippen molar-refractivity contribution < 1.29 is 149 Å². The second-order valence-corrected chi connectivity index (χ2v) is 0. The summed E-state index contributed by atoms with van der Waals surface area (Å²) < 4.78 is 0. The minimum atomic E-state index is 0. The van der Waals surface area contributed by atoms with Gasteiger partial charge in [-0.15, -0.1) is 0 Å². The second-order valence-electron chi connectivity index (χ2n) is 0. The van der Waals surface area contributed by atoms with Gasteiger partial charge in [0.2, 0.25) is 0 Å². The van der Waals surface area contributed by atoms with Gasteiger partial charge >= 0.3 is 0 Å². The van der Waals surface area contributed by atoms with E-state index in [2.05, 4.69) is 0 Å². The SMILES string of the molecule is B.[AlH3].[Co].[Cr].[Fe].[Nd].[Ni].[Sm]. The number of rotatable bonds is 0. The Morgan fingerprint density at radius 1 is 1.00 bits per heavy atom. The van der Waals surface area contributed by atoms with Crippen LogP contribution in [0.4, 0.5) is 0 Å². The van der Waals surface area contributed by atoms with Crippen LogP contribution in [0.25, 0.3) is 0 Å². The molecule has 0 rings (SSSR count). The Hall–Kier alpha value is 5.34. The molecule has 1 radical (unpaired) electrons. The fourth-order valence-electron chi connectivity index (χ4n) is 0. The smallest absolute Gasteiger partial charge is 0 e. The van der Waals surface area contributed by atoms with Gasteiger partial charge in [0.15, 0.2) is 17.4 Å². The molecule has 0 spiro atoms. The summed E-state index contributed by atoms with van der Waals surface area (Å²) in [4.78, 5) is 0. The molecule has 8 heavy (non-hydrogen) atoms. The minimum Gasteiger partial charge on any atom is 0 e. The molecule has 8 heteroatoms. The van der Waals surface area contributed by atoms with Gasteiger partial charge in [-0.3, -0.25) is 0 Å². The zero-order valence-electron chi connectivity index (χ0n) is 2.32. The Labute approximate surface area is 170 Å². The van der Waals surface area contributed by atoms with Crippen molar-refractivity contribution in [1.29, 1.82) is 0 Å². The Morgan fingerprint density at radius 3 is 1.00 bits per heavy atom. The molecule has 0 atom stereocenters. The normalized spacial score (nSPS) is 0. The molecule has 0 fully saturated rings. The van der Waals surface area contributed by atoms with Crippen LogP contribution < -0.4 is 0 Å². The fraction of sp³-hybridized carbons (Fsp3) is 0. The monoisotopic (exact) mass is 563 g/mol. The van der Waals surface area contributed by atoms with Crippen molar-refractivity contribution in [1.82, 2.24) is 0 Å². The molecule has 0 nitrogen and oxygen atoms in total. The molecule has 0 saturated heterocycles. The summed E-state index contributed by atoms with van der Waals surface area (Å²) >= 11 is 0. The molecule has 0 aliphatic rings. The van der Waals surface area contributed by atoms with E-state index in [4.69, 9.17) is 0 Å². The molecule has 0 aliphatic heterocycles. The Morgan fingerprint density at radius 2 is 1.00 bits per heavy atom. The Kier molecular flexibility index (Phi) is 496. The second kappa shape index (κ2) is 55.7. The predicted octanol–water partition coefficient (Wildman–Crippen LogP) is -2.38. The molecule has 0 N–H and O–H groups in total. The van der Waals surface area contributed by atoms with E-state index in [-0.39, 0.29) is 175 Å². The van der Waals surface area contributed by atoms with Gasteiger partial charge in [-0.25, -0.2) is 0 Å². The quantitative estimate of drug-likeness (QED) is 0.289. The van der Waals surface area contributed by atoms with Crippen molar-refractivity contribution in [2.75, 3.05) is 0 Å². The van der Waals surface area contributed by atoms with Crippen LogP contribution in [0.5, 0.6) is 0 Å². The van der Waals surface area contributed by atoms with Crippen molar-refractivity contribution in [3.63, 3.8) is 0 Å². The van der Waals surface area contributed by atoms with Crippen LogP contribution in [-0.2, 0) is 67.7 Å². The fourth-order valence-corrected chi connectivity index (χ4v) is 0. The van der Waals surface area contributed by atoms with E-state index < -0.39 is 0 Å². The van der Waals surface area contributed by atoms with E-state index in [9.17, 15) is 0 Å². The minimum absolute atomic E-state index is 0. The van der Waals surface area contributed by atoms with E-state index in [1.54, 1.807) is 0 Å². The third-order valence-corrected chi connectivity index (χ3v) is 0. The van der Waals surface area contributed by atoms with Gasteiger partial charge in [-0.2, -0.15) is 0 Å². The van der Waals surface area contributed by atoms with Gasteiger partial charge in [-0.1, -0.05) is 0 Å². The van der Waals surface area contributed by atoms with Gasteiger partial charge in [0.05, 0.1) is 8.41 Å². The van der Waals surface area contributed by atoms with Gasteiger partial charge in [-0.05, 0) is 0 Å². The van der Waals surface area contributed by atoms with E-state index in [1.165, 1.54) is 0 Å². The first-order chi connectivity index (χ1) is 0. The van der Waals surface area contributed by atoms with E-state index in [0.717, 1.165) is 0 Å². The van der Waals surface area contributed by atoms with Crippen molar-refractivity contribution in [2.45, 2.75) is 0 Å². The van der Waals surface area contributed by atoms with Crippen molar-refractivity contribution in [3.8, 4) is 0 Å². The molecule has 0 saturated carbocycles. The van der Waals surface area contributed by atoms with Crippen LogP contribution in [0, 0.1) is 81.2 Å². The summed E-state index contributed by atoms with van der Waals surface area (Å²) in [5.74, 6) is 0. The average molecular weight is 564 g/mol. The van der Waals surface area contributed by atoms with E-state index in [0.29, 0.717) is 0 Å². The summed E-state index contributed by atoms with van der Waals surface area (Å²) in [5, 5.41) is 0. The molecule has 0 heterocycles. The van der Waals surface area contributed by atoms with Crippen molar-refractivity contribution in [2.24, 2.45) is 0 Å². The maximum atomic E-state index is 0. The molecule has 0 amide bonds. The summed E-state index contributed by atoms with van der Waals surface area (Å²) in [6.07, 6.45) is 0. The molecule has 0 aliphatic carbocycles. The van der Waals surface area contributed by atoms with Gasteiger partial charge in [0.1, 0.15) is 0 Å². The van der Waals surface area contributed by atoms with E-state index in [1.807, 2.05) is 0 Å². The van der Waals surface area contributed by atoms with Crippen LogP contribution >= 0.6 is 0 Å². The van der Waals surface area contributed by atoms with Gasteiger partial charge in [0, 0.05) is 149 Å². The van der Waals surface area contributed by atoms with Crippen LogP contribution in [-0.4, -0.2) is 25.8 Å². The Balaban J connectivity index is 0. The molecular formula is H6AlBCoCrFeNdNiSm. The molecule has 55 valence electrons. The van der Waals surface area contributed by atoms with Crippen LogP contribution in [0.2, 0.25) is 0 Å². The molecule has 0 aromatic heterocycles. The van der Waals surface area contributed by atoms with Gasteiger partial charge in [0.25, 0.3) is 0 Å². The average Bonchev–Trinajstić information content (AvgIpc) is 0. The zero-order chi connectivity index (χ0) is 0. The standard InChI is InChI=1S/Al.BH3.Co.Cr.Fe.Nd.Ni.Sm.3H/h;1H3;;;;;;;;;. The molecule has 0 aromatic rings. The Bertz CT molecular complexity index is 24.0. The topological polar surface area (TPSA) is 0 Å². The van der Waals surface area contributed by atoms with E-state index >= 15 is 0 Å². The predicted molar refractivity (Wildman–Crippen MR) is 19.9 cm³/mol. The van der Waals surface area contributed by atoms with Gasteiger partial charge < -0.3 is 0 Å². The van der Waals surface area contributed by atoms with Crippen LogP contribution in [0.3, 0.4) is 0 Å². The largest absolute Gasteiger partial charge is 0.187 e. The first kappa shape index (κ1) is 71.3. The molecule has 0 bridgehead atoms. The molecular weight excluding hydrogens is 558 g/mol. The zero-order valence-corrected chi connectivity index (χ0v) is 12.6. The summed E-state index contributed by atoms with van der Waals surface area (Å²) in [6, 6.07) is 0. The molecule has 0 aromatic carbocycles. The first-order valence-electron chi connectivity index (χ1n) is 0. The van der Waals surface area contributed by atoms with Crippen LogP contribution in [0.15, 0.2) is 0 Å². The summed E-state index contributed by atoms with van der Waals surface area (Å²) in [5.41, 5.74) is 0.